The molecule has 1 aromatic carbocycles. The summed E-state index contributed by atoms with van der Waals surface area (Å²) in [4.78, 5) is 15.6. The average Bonchev–Trinajstić information content (AvgIpc) is 2.32. The van der Waals surface area contributed by atoms with Crippen LogP contribution < -0.4 is 4.74 Å². The molecule has 0 amide bonds. The van der Waals surface area contributed by atoms with Gasteiger partial charge in [-0.05, 0) is 18.2 Å². The van der Waals surface area contributed by atoms with E-state index in [2.05, 4.69) is 4.98 Å². The van der Waals surface area contributed by atoms with E-state index in [0.29, 0.717) is 15.6 Å². The zero-order valence-corrected chi connectivity index (χ0v) is 11.1. The highest BCUT2D eigenvalue weighted by atomic mass is 35.5. The van der Waals surface area contributed by atoms with Gasteiger partial charge in [0.05, 0.1) is 26.8 Å². The monoisotopic (exact) mass is 301 g/mol. The van der Waals surface area contributed by atoms with Gasteiger partial charge < -0.3 is 4.74 Å². The SMILES string of the molecule is O=C(Oc1cncc(Cl)c1)c1ccc(Cl)c(Cl)c1. The Bertz CT molecular complexity index is 602. The fourth-order valence-electron chi connectivity index (χ4n) is 1.24. The van der Waals surface area contributed by atoms with Crippen LogP contribution in [0.1, 0.15) is 10.4 Å². The Labute approximate surface area is 118 Å². The Balaban J connectivity index is 2.19. The van der Waals surface area contributed by atoms with E-state index in [-0.39, 0.29) is 10.8 Å². The molecular weight excluding hydrogens is 296 g/mol. The third kappa shape index (κ3) is 3.13. The molecule has 0 aliphatic rings. The molecule has 0 saturated carbocycles. The fraction of sp³-hybridized carbons (Fsp3) is 0. The maximum atomic E-state index is 11.8. The maximum absolute atomic E-state index is 11.8. The number of hydrogen-bond donors (Lipinski definition) is 0. The number of carbonyl (C=O) groups excluding carboxylic acids is 1. The molecule has 1 aromatic heterocycles. The highest BCUT2D eigenvalue weighted by Crippen LogP contribution is 2.23. The first-order valence-corrected chi connectivity index (χ1v) is 5.97. The number of rotatable bonds is 2. The molecule has 0 spiro atoms. The zero-order chi connectivity index (χ0) is 13.1. The van der Waals surface area contributed by atoms with Crippen molar-refractivity contribution in [3.8, 4) is 5.75 Å². The summed E-state index contributed by atoms with van der Waals surface area (Å²) in [5.74, 6) is -0.295. The Morgan fingerprint density at radius 2 is 1.83 bits per heavy atom. The van der Waals surface area contributed by atoms with Crippen LogP contribution in [0.15, 0.2) is 36.7 Å². The lowest BCUT2D eigenvalue weighted by molar-refractivity contribution is 0.0734. The Morgan fingerprint density at radius 3 is 2.50 bits per heavy atom. The largest absolute Gasteiger partial charge is 0.421 e. The summed E-state index contributed by atoms with van der Waals surface area (Å²) < 4.78 is 5.09. The first-order valence-electron chi connectivity index (χ1n) is 4.84. The van der Waals surface area contributed by atoms with Gasteiger partial charge in [0, 0.05) is 12.3 Å². The van der Waals surface area contributed by atoms with Crippen molar-refractivity contribution in [1.29, 1.82) is 0 Å². The minimum Gasteiger partial charge on any atom is -0.421 e. The molecule has 1 heterocycles. The lowest BCUT2D eigenvalue weighted by Crippen LogP contribution is -2.08. The first kappa shape index (κ1) is 13.1. The molecule has 0 N–H and O–H groups in total. The molecular formula is C12H6Cl3NO2. The van der Waals surface area contributed by atoms with Crippen LogP contribution >= 0.6 is 34.8 Å². The van der Waals surface area contributed by atoms with Crippen LogP contribution in [0.4, 0.5) is 0 Å². The Hall–Kier alpha value is -1.29. The summed E-state index contributed by atoms with van der Waals surface area (Å²) in [6, 6.07) is 5.97. The van der Waals surface area contributed by atoms with Crippen molar-refractivity contribution in [3.63, 3.8) is 0 Å². The summed E-state index contributed by atoms with van der Waals surface area (Å²) >= 11 is 17.3. The molecule has 2 rings (SSSR count). The van der Waals surface area contributed by atoms with Gasteiger partial charge in [-0.3, -0.25) is 4.98 Å². The second kappa shape index (κ2) is 5.57. The molecule has 0 aliphatic carbocycles. The van der Waals surface area contributed by atoms with Crippen molar-refractivity contribution in [1.82, 2.24) is 4.98 Å². The molecule has 18 heavy (non-hydrogen) atoms. The topological polar surface area (TPSA) is 39.2 Å². The summed E-state index contributed by atoms with van der Waals surface area (Å²) in [6.45, 7) is 0. The predicted octanol–water partition coefficient (Wildman–Crippen LogP) is 4.26. The smallest absolute Gasteiger partial charge is 0.343 e. The molecule has 0 saturated heterocycles. The fourth-order valence-corrected chi connectivity index (χ4v) is 1.70. The second-order valence-electron chi connectivity index (χ2n) is 3.36. The first-order chi connectivity index (χ1) is 8.56. The normalized spacial score (nSPS) is 10.2. The molecule has 0 radical (unpaired) electrons. The summed E-state index contributed by atoms with van der Waals surface area (Å²) in [6.07, 6.45) is 2.83. The molecule has 92 valence electrons. The molecule has 2 aromatic rings. The number of ether oxygens (including phenoxy) is 1. The predicted molar refractivity (Wildman–Crippen MR) is 70.7 cm³/mol. The highest BCUT2D eigenvalue weighted by Gasteiger charge is 2.11. The van der Waals surface area contributed by atoms with Crippen molar-refractivity contribution in [3.05, 3.63) is 57.3 Å². The van der Waals surface area contributed by atoms with Gasteiger partial charge >= 0.3 is 5.97 Å². The van der Waals surface area contributed by atoms with E-state index in [1.807, 2.05) is 0 Å². The van der Waals surface area contributed by atoms with Crippen LogP contribution in [0.2, 0.25) is 15.1 Å². The molecule has 0 atom stereocenters. The molecule has 3 nitrogen and oxygen atoms in total. The van der Waals surface area contributed by atoms with Gasteiger partial charge in [-0.25, -0.2) is 4.79 Å². The van der Waals surface area contributed by atoms with E-state index < -0.39 is 5.97 Å². The van der Waals surface area contributed by atoms with Crippen molar-refractivity contribution >= 4 is 40.8 Å². The quantitative estimate of drug-likeness (QED) is 0.778. The van der Waals surface area contributed by atoms with Gasteiger partial charge in [0.15, 0.2) is 5.75 Å². The number of hydrogen-bond acceptors (Lipinski definition) is 3. The van der Waals surface area contributed by atoms with Crippen molar-refractivity contribution in [2.24, 2.45) is 0 Å². The van der Waals surface area contributed by atoms with E-state index in [0.717, 1.165) is 0 Å². The summed E-state index contributed by atoms with van der Waals surface area (Å²) in [5.41, 5.74) is 0.296. The Morgan fingerprint density at radius 1 is 1.06 bits per heavy atom. The van der Waals surface area contributed by atoms with Crippen molar-refractivity contribution < 1.29 is 9.53 Å². The lowest BCUT2D eigenvalue weighted by atomic mass is 10.2. The number of aromatic nitrogens is 1. The maximum Gasteiger partial charge on any atom is 0.343 e. The minimum absolute atomic E-state index is 0.263. The van der Waals surface area contributed by atoms with Gasteiger partial charge in [-0.15, -0.1) is 0 Å². The minimum atomic E-state index is -0.558. The van der Waals surface area contributed by atoms with Crippen molar-refractivity contribution in [2.45, 2.75) is 0 Å². The standard InChI is InChI=1S/C12H6Cl3NO2/c13-8-4-9(6-16-5-8)18-12(17)7-1-2-10(14)11(15)3-7/h1-6H. The number of benzene rings is 1. The number of esters is 1. The van der Waals surface area contributed by atoms with Gasteiger partial charge in [0.2, 0.25) is 0 Å². The van der Waals surface area contributed by atoms with Crippen molar-refractivity contribution in [2.75, 3.05) is 0 Å². The summed E-state index contributed by atoms with van der Waals surface area (Å²) in [5, 5.41) is 1.04. The number of nitrogens with zero attached hydrogens (tertiary/aromatic N) is 1. The van der Waals surface area contributed by atoms with Gasteiger partial charge in [-0.2, -0.15) is 0 Å². The van der Waals surface area contributed by atoms with Gasteiger partial charge in [-0.1, -0.05) is 34.8 Å². The average molecular weight is 303 g/mol. The molecule has 6 heteroatoms. The molecule has 0 aliphatic heterocycles. The van der Waals surface area contributed by atoms with Gasteiger partial charge in [0.1, 0.15) is 0 Å². The van der Waals surface area contributed by atoms with Crippen LogP contribution in [0.3, 0.4) is 0 Å². The van der Waals surface area contributed by atoms with E-state index in [9.17, 15) is 4.79 Å². The molecule has 0 fully saturated rings. The number of pyridine rings is 1. The molecule has 0 bridgehead atoms. The molecule has 0 unspecified atom stereocenters. The van der Waals surface area contributed by atoms with E-state index in [1.165, 1.54) is 36.7 Å². The Kier molecular flexibility index (Phi) is 4.07. The van der Waals surface area contributed by atoms with Crippen LogP contribution in [0, 0.1) is 0 Å². The zero-order valence-electron chi connectivity index (χ0n) is 8.86. The van der Waals surface area contributed by atoms with Crippen LogP contribution in [-0.2, 0) is 0 Å². The third-order valence-corrected chi connectivity index (χ3v) is 2.99. The highest BCUT2D eigenvalue weighted by molar-refractivity contribution is 6.42. The third-order valence-electron chi connectivity index (χ3n) is 2.05. The van der Waals surface area contributed by atoms with Crippen LogP contribution in [0.25, 0.3) is 0 Å². The summed E-state index contributed by atoms with van der Waals surface area (Å²) in [7, 11) is 0. The number of halogens is 3. The lowest BCUT2D eigenvalue weighted by Gasteiger charge is -2.05. The van der Waals surface area contributed by atoms with Crippen LogP contribution in [-0.4, -0.2) is 11.0 Å². The van der Waals surface area contributed by atoms with E-state index >= 15 is 0 Å². The van der Waals surface area contributed by atoms with Crippen LogP contribution in [0.5, 0.6) is 5.75 Å². The number of carbonyl (C=O) groups is 1. The van der Waals surface area contributed by atoms with Gasteiger partial charge in [0.25, 0.3) is 0 Å². The van der Waals surface area contributed by atoms with E-state index in [1.54, 1.807) is 0 Å². The second-order valence-corrected chi connectivity index (χ2v) is 4.61. The van der Waals surface area contributed by atoms with E-state index in [4.69, 9.17) is 39.5 Å².